The van der Waals surface area contributed by atoms with E-state index >= 15 is 0 Å². The summed E-state index contributed by atoms with van der Waals surface area (Å²) in [7, 11) is 1.51. The summed E-state index contributed by atoms with van der Waals surface area (Å²) in [4.78, 5) is 12.7. The molecule has 3 rings (SSSR count). The molecular formula is C26H22Cl2N2O3. The average Bonchev–Trinajstić information content (AvgIpc) is 2.80. The van der Waals surface area contributed by atoms with Gasteiger partial charge >= 0.3 is 0 Å². The molecule has 0 unspecified atom stereocenters. The lowest BCUT2D eigenvalue weighted by molar-refractivity contribution is -0.112. The summed E-state index contributed by atoms with van der Waals surface area (Å²) < 4.78 is 11.3. The normalized spacial score (nSPS) is 11.0. The van der Waals surface area contributed by atoms with Crippen molar-refractivity contribution in [3.63, 3.8) is 0 Å². The number of nitrogens with zero attached hydrogens (tertiary/aromatic N) is 1. The minimum Gasteiger partial charge on any atom is -0.493 e. The number of amides is 1. The predicted octanol–water partition coefficient (Wildman–Crippen LogP) is 6.74. The first-order chi connectivity index (χ1) is 15.8. The van der Waals surface area contributed by atoms with Crippen LogP contribution >= 0.6 is 23.2 Å². The summed E-state index contributed by atoms with van der Waals surface area (Å²) in [6.07, 6.45) is 1.50. The first-order valence-corrected chi connectivity index (χ1v) is 10.8. The van der Waals surface area contributed by atoms with Gasteiger partial charge in [-0.1, -0.05) is 53.5 Å². The Balaban J connectivity index is 1.81. The number of rotatable bonds is 7. The van der Waals surface area contributed by atoms with Crippen molar-refractivity contribution >= 4 is 40.9 Å². The second-order valence-electron chi connectivity index (χ2n) is 7.29. The van der Waals surface area contributed by atoms with Crippen LogP contribution in [0, 0.1) is 25.2 Å². The fraction of sp³-hybridized carbons (Fsp3) is 0.154. The van der Waals surface area contributed by atoms with Gasteiger partial charge in [0.25, 0.3) is 5.91 Å². The minimum atomic E-state index is -0.484. The molecule has 1 N–H and O–H groups in total. The molecule has 0 bridgehead atoms. The van der Waals surface area contributed by atoms with Crippen molar-refractivity contribution in [1.29, 1.82) is 5.26 Å². The van der Waals surface area contributed by atoms with Crippen LogP contribution in [-0.4, -0.2) is 13.0 Å². The zero-order chi connectivity index (χ0) is 24.0. The third-order valence-corrected chi connectivity index (χ3v) is 5.73. The number of carbonyl (C=O) groups excluding carboxylic acids is 1. The molecular weight excluding hydrogens is 459 g/mol. The van der Waals surface area contributed by atoms with Crippen LogP contribution < -0.4 is 14.8 Å². The molecule has 0 aliphatic carbocycles. The number of aryl methyl sites for hydroxylation is 2. The summed E-state index contributed by atoms with van der Waals surface area (Å²) >= 11 is 12.4. The molecule has 0 aromatic heterocycles. The molecule has 168 valence electrons. The Morgan fingerprint density at radius 1 is 1.03 bits per heavy atom. The summed E-state index contributed by atoms with van der Waals surface area (Å²) in [5, 5.41) is 13.4. The van der Waals surface area contributed by atoms with Crippen molar-refractivity contribution in [2.75, 3.05) is 12.4 Å². The van der Waals surface area contributed by atoms with Gasteiger partial charge in [-0.15, -0.1) is 0 Å². The van der Waals surface area contributed by atoms with Gasteiger partial charge in [0.1, 0.15) is 18.2 Å². The van der Waals surface area contributed by atoms with E-state index in [1.807, 2.05) is 38.1 Å². The van der Waals surface area contributed by atoms with Gasteiger partial charge in [0.05, 0.1) is 7.11 Å². The van der Waals surface area contributed by atoms with Gasteiger partial charge in [0, 0.05) is 21.3 Å². The van der Waals surface area contributed by atoms with E-state index < -0.39 is 5.91 Å². The van der Waals surface area contributed by atoms with E-state index in [9.17, 15) is 10.1 Å². The zero-order valence-electron chi connectivity index (χ0n) is 18.4. The number of nitrogens with one attached hydrogen (secondary N) is 1. The van der Waals surface area contributed by atoms with Crippen molar-refractivity contribution in [3.05, 3.63) is 92.5 Å². The van der Waals surface area contributed by atoms with Crippen molar-refractivity contribution < 1.29 is 14.3 Å². The van der Waals surface area contributed by atoms with E-state index in [0.29, 0.717) is 38.4 Å². The van der Waals surface area contributed by atoms with Crippen LogP contribution in [0.25, 0.3) is 6.08 Å². The summed E-state index contributed by atoms with van der Waals surface area (Å²) in [6, 6.07) is 18.0. The van der Waals surface area contributed by atoms with Gasteiger partial charge in [-0.3, -0.25) is 4.79 Å². The van der Waals surface area contributed by atoms with Crippen LogP contribution in [0.3, 0.4) is 0 Å². The highest BCUT2D eigenvalue weighted by atomic mass is 35.5. The van der Waals surface area contributed by atoms with Gasteiger partial charge in [0.15, 0.2) is 11.5 Å². The number of ether oxygens (including phenoxy) is 2. The molecule has 0 atom stereocenters. The molecule has 0 aliphatic rings. The summed E-state index contributed by atoms with van der Waals surface area (Å²) in [5.74, 6) is 0.436. The average molecular weight is 481 g/mol. The lowest BCUT2D eigenvalue weighted by atomic mass is 10.1. The van der Waals surface area contributed by atoms with Crippen LogP contribution in [0.2, 0.25) is 10.0 Å². The maximum atomic E-state index is 12.7. The molecule has 1 amide bonds. The number of halogens is 2. The number of para-hydroxylation sites is 1. The number of anilines is 1. The lowest BCUT2D eigenvalue weighted by Crippen LogP contribution is -2.15. The topological polar surface area (TPSA) is 71.3 Å². The number of hydrogen-bond acceptors (Lipinski definition) is 4. The molecule has 0 fully saturated rings. The molecule has 7 heteroatoms. The van der Waals surface area contributed by atoms with Crippen molar-refractivity contribution in [2.45, 2.75) is 20.5 Å². The highest BCUT2D eigenvalue weighted by Gasteiger charge is 2.14. The fourth-order valence-electron chi connectivity index (χ4n) is 3.22. The van der Waals surface area contributed by atoms with Gasteiger partial charge in [-0.05, 0) is 60.9 Å². The zero-order valence-corrected chi connectivity index (χ0v) is 19.9. The molecule has 3 aromatic carbocycles. The molecule has 0 saturated carbocycles. The Kier molecular flexibility index (Phi) is 8.00. The quantitative estimate of drug-likeness (QED) is 0.300. The maximum absolute atomic E-state index is 12.7. The number of methoxy groups -OCH3 is 1. The second-order valence-corrected chi connectivity index (χ2v) is 8.10. The van der Waals surface area contributed by atoms with Crippen molar-refractivity contribution in [3.8, 4) is 17.6 Å². The van der Waals surface area contributed by atoms with E-state index in [-0.39, 0.29) is 12.2 Å². The van der Waals surface area contributed by atoms with Crippen LogP contribution in [0.15, 0.2) is 60.2 Å². The molecule has 3 aromatic rings. The minimum absolute atomic E-state index is 0.0313. The lowest BCUT2D eigenvalue weighted by Gasteiger charge is -2.13. The fourth-order valence-corrected chi connectivity index (χ4v) is 3.73. The molecule has 0 heterocycles. The van der Waals surface area contributed by atoms with Crippen LogP contribution in [0.5, 0.6) is 11.5 Å². The number of nitriles is 1. The van der Waals surface area contributed by atoms with Gasteiger partial charge in [0.2, 0.25) is 0 Å². The molecule has 0 aliphatic heterocycles. The highest BCUT2D eigenvalue weighted by molar-refractivity contribution is 6.35. The number of benzene rings is 3. The first-order valence-electron chi connectivity index (χ1n) is 10.1. The Bertz CT molecular complexity index is 1220. The molecule has 0 radical (unpaired) electrons. The molecule has 33 heavy (non-hydrogen) atoms. The second kappa shape index (κ2) is 10.9. The Morgan fingerprint density at radius 2 is 1.67 bits per heavy atom. The molecule has 0 spiro atoms. The SMILES string of the molecule is COc1cc(/C=C(/C#N)C(=O)Nc2c(C)cccc2C)ccc1OCc1c(Cl)cccc1Cl. The van der Waals surface area contributed by atoms with E-state index in [1.165, 1.54) is 13.2 Å². The van der Waals surface area contributed by atoms with E-state index in [0.717, 1.165) is 11.1 Å². The first kappa shape index (κ1) is 24.2. The predicted molar refractivity (Wildman–Crippen MR) is 132 cm³/mol. The van der Waals surface area contributed by atoms with Gasteiger partial charge in [-0.2, -0.15) is 5.26 Å². The van der Waals surface area contributed by atoms with E-state index in [1.54, 1.807) is 36.4 Å². The van der Waals surface area contributed by atoms with Gasteiger partial charge < -0.3 is 14.8 Å². The molecule has 5 nitrogen and oxygen atoms in total. The monoisotopic (exact) mass is 480 g/mol. The van der Waals surface area contributed by atoms with Crippen molar-refractivity contribution in [2.24, 2.45) is 0 Å². The number of carbonyl (C=O) groups is 1. The highest BCUT2D eigenvalue weighted by Crippen LogP contribution is 2.32. The Hall–Kier alpha value is -3.46. The third kappa shape index (κ3) is 5.87. The van der Waals surface area contributed by atoms with E-state index in [4.69, 9.17) is 32.7 Å². The Morgan fingerprint density at radius 3 is 2.27 bits per heavy atom. The van der Waals surface area contributed by atoms with Gasteiger partial charge in [-0.25, -0.2) is 0 Å². The number of hydrogen-bond donors (Lipinski definition) is 1. The Labute approximate surface area is 203 Å². The summed E-state index contributed by atoms with van der Waals surface area (Å²) in [6.45, 7) is 3.96. The van der Waals surface area contributed by atoms with Crippen LogP contribution in [-0.2, 0) is 11.4 Å². The maximum Gasteiger partial charge on any atom is 0.266 e. The molecule has 0 saturated heterocycles. The smallest absolute Gasteiger partial charge is 0.266 e. The largest absolute Gasteiger partial charge is 0.493 e. The van der Waals surface area contributed by atoms with Crippen LogP contribution in [0.4, 0.5) is 5.69 Å². The van der Waals surface area contributed by atoms with Crippen LogP contribution in [0.1, 0.15) is 22.3 Å². The standard InChI is InChI=1S/C26H22Cl2N2O3/c1-16-6-4-7-17(2)25(16)30-26(31)19(14-29)12-18-10-11-23(24(13-18)32-3)33-15-20-21(27)8-5-9-22(20)28/h4-13H,15H2,1-3H3,(H,30,31)/b19-12-. The van der Waals surface area contributed by atoms with E-state index in [2.05, 4.69) is 5.32 Å². The third-order valence-electron chi connectivity index (χ3n) is 5.02. The van der Waals surface area contributed by atoms with Crippen molar-refractivity contribution in [1.82, 2.24) is 0 Å². The summed E-state index contributed by atoms with van der Waals surface area (Å²) in [5.41, 5.74) is 3.79.